The van der Waals surface area contributed by atoms with E-state index >= 15 is 0 Å². The molecule has 168 valence electrons. The third kappa shape index (κ3) is 8.02. The molecule has 0 aromatic heterocycles. The summed E-state index contributed by atoms with van der Waals surface area (Å²) in [5, 5.41) is 4.00. The van der Waals surface area contributed by atoms with Crippen LogP contribution in [-0.2, 0) is 21.9 Å². The van der Waals surface area contributed by atoms with Gasteiger partial charge in [-0.2, -0.15) is 0 Å². The fourth-order valence-corrected chi connectivity index (χ4v) is 4.53. The number of rotatable bonds is 10. The van der Waals surface area contributed by atoms with Gasteiger partial charge >= 0.3 is 0 Å². The van der Waals surface area contributed by atoms with E-state index in [0.717, 1.165) is 11.1 Å². The van der Waals surface area contributed by atoms with Crippen molar-refractivity contribution in [1.29, 1.82) is 0 Å². The molecule has 0 saturated carbocycles. The van der Waals surface area contributed by atoms with E-state index in [1.807, 2.05) is 26.8 Å². The first-order valence-corrected chi connectivity index (χ1v) is 12.0. The van der Waals surface area contributed by atoms with Crippen molar-refractivity contribution in [2.24, 2.45) is 0 Å². The van der Waals surface area contributed by atoms with Crippen molar-refractivity contribution in [2.75, 3.05) is 5.75 Å². The normalized spacial score (nSPS) is 12.0. The van der Waals surface area contributed by atoms with Gasteiger partial charge in [0.05, 0.1) is 5.75 Å². The van der Waals surface area contributed by atoms with Crippen LogP contribution in [0.15, 0.2) is 42.5 Å². The van der Waals surface area contributed by atoms with Crippen LogP contribution in [0, 0.1) is 5.82 Å². The molecule has 0 spiro atoms. The third-order valence-corrected chi connectivity index (χ3v) is 6.13. The molecule has 0 aliphatic carbocycles. The molecule has 1 atom stereocenters. The van der Waals surface area contributed by atoms with Crippen LogP contribution < -0.4 is 5.32 Å². The summed E-state index contributed by atoms with van der Waals surface area (Å²) in [6, 6.07) is 10.6. The molecule has 0 aliphatic heterocycles. The Kier molecular flexibility index (Phi) is 10.1. The van der Waals surface area contributed by atoms with Crippen LogP contribution in [-0.4, -0.2) is 34.6 Å². The summed E-state index contributed by atoms with van der Waals surface area (Å²) < 4.78 is 13.3. The first-order chi connectivity index (χ1) is 14.7. The minimum atomic E-state index is -0.611. The van der Waals surface area contributed by atoms with Crippen molar-refractivity contribution < 1.29 is 14.0 Å². The number of nitrogens with zero attached hydrogens (tertiary/aromatic N) is 1. The molecule has 0 saturated heterocycles. The maximum atomic E-state index is 13.3. The van der Waals surface area contributed by atoms with Gasteiger partial charge in [-0.25, -0.2) is 4.39 Å². The Balaban J connectivity index is 2.13. The molecule has 2 aromatic rings. The quantitative estimate of drug-likeness (QED) is 0.470. The number of halogens is 3. The van der Waals surface area contributed by atoms with Gasteiger partial charge in [0.25, 0.3) is 0 Å². The topological polar surface area (TPSA) is 49.4 Å². The molecule has 0 aliphatic rings. The van der Waals surface area contributed by atoms with Crippen molar-refractivity contribution in [1.82, 2.24) is 10.2 Å². The zero-order valence-electron chi connectivity index (χ0n) is 17.8. The molecule has 8 heteroatoms. The van der Waals surface area contributed by atoms with Gasteiger partial charge in [0.2, 0.25) is 11.8 Å². The van der Waals surface area contributed by atoms with Crippen LogP contribution in [0.1, 0.15) is 38.3 Å². The van der Waals surface area contributed by atoms with Crippen molar-refractivity contribution in [3.8, 4) is 0 Å². The Morgan fingerprint density at radius 2 is 1.81 bits per heavy atom. The van der Waals surface area contributed by atoms with E-state index in [9.17, 15) is 14.0 Å². The third-order valence-electron chi connectivity index (χ3n) is 4.58. The Bertz CT molecular complexity index is 894. The summed E-state index contributed by atoms with van der Waals surface area (Å²) in [7, 11) is 0. The van der Waals surface area contributed by atoms with Crippen LogP contribution >= 0.6 is 35.0 Å². The number of amides is 2. The summed E-state index contributed by atoms with van der Waals surface area (Å²) in [5.41, 5.74) is 1.65. The number of carbonyl (C=O) groups is 2. The van der Waals surface area contributed by atoms with Crippen molar-refractivity contribution >= 4 is 46.8 Å². The molecule has 0 bridgehead atoms. The fraction of sp³-hybridized carbons (Fsp3) is 0.391. The van der Waals surface area contributed by atoms with Crippen LogP contribution in [0.3, 0.4) is 0 Å². The van der Waals surface area contributed by atoms with Gasteiger partial charge in [-0.05, 0) is 55.7 Å². The van der Waals surface area contributed by atoms with Gasteiger partial charge in [-0.1, -0.05) is 48.3 Å². The minimum Gasteiger partial charge on any atom is -0.352 e. The molecule has 0 heterocycles. The summed E-state index contributed by atoms with van der Waals surface area (Å²) in [4.78, 5) is 27.4. The highest BCUT2D eigenvalue weighted by Gasteiger charge is 2.28. The van der Waals surface area contributed by atoms with Gasteiger partial charge in [0.15, 0.2) is 0 Å². The number of benzene rings is 2. The SMILES string of the molecule is CC[C@@H](C(=O)NC(C)C)N(Cc1ccc(F)cc1)C(=O)CSCc1ccc(Cl)cc1Cl. The Morgan fingerprint density at radius 1 is 1.13 bits per heavy atom. The van der Waals surface area contributed by atoms with Gasteiger partial charge in [-0.15, -0.1) is 11.8 Å². The summed E-state index contributed by atoms with van der Waals surface area (Å²) in [5.74, 6) is 0.0256. The lowest BCUT2D eigenvalue weighted by Crippen LogP contribution is -2.50. The lowest BCUT2D eigenvalue weighted by atomic mass is 10.1. The van der Waals surface area contributed by atoms with Gasteiger partial charge in [0, 0.05) is 28.4 Å². The molecule has 4 nitrogen and oxygen atoms in total. The zero-order valence-corrected chi connectivity index (χ0v) is 20.2. The van der Waals surface area contributed by atoms with E-state index in [1.54, 1.807) is 29.2 Å². The molecule has 2 rings (SSSR count). The standard InChI is InChI=1S/C23H27Cl2FN2O2S/c1-4-21(23(30)27-15(2)3)28(12-16-5-9-19(26)10-6-16)22(29)14-31-13-17-7-8-18(24)11-20(17)25/h5-11,15,21H,4,12-14H2,1-3H3,(H,27,30)/t21-/m0/s1. The molecule has 0 fully saturated rings. The van der Waals surface area contributed by atoms with E-state index in [1.165, 1.54) is 23.9 Å². The number of carbonyl (C=O) groups excluding carboxylic acids is 2. The van der Waals surface area contributed by atoms with Crippen LogP contribution in [0.2, 0.25) is 10.0 Å². The lowest BCUT2D eigenvalue weighted by molar-refractivity contribution is -0.139. The number of hydrogen-bond donors (Lipinski definition) is 1. The summed E-state index contributed by atoms with van der Waals surface area (Å²) in [6.07, 6.45) is 0.471. The molecule has 0 unspecified atom stereocenters. The van der Waals surface area contributed by atoms with E-state index in [-0.39, 0.29) is 36.0 Å². The van der Waals surface area contributed by atoms with Crippen LogP contribution in [0.5, 0.6) is 0 Å². The van der Waals surface area contributed by atoms with E-state index in [2.05, 4.69) is 5.32 Å². The first kappa shape index (κ1) is 25.5. The minimum absolute atomic E-state index is 0.0363. The largest absolute Gasteiger partial charge is 0.352 e. The van der Waals surface area contributed by atoms with Gasteiger partial charge in [0.1, 0.15) is 11.9 Å². The highest BCUT2D eigenvalue weighted by atomic mass is 35.5. The molecule has 2 amide bonds. The molecule has 2 aromatic carbocycles. The van der Waals surface area contributed by atoms with E-state index in [0.29, 0.717) is 22.2 Å². The maximum Gasteiger partial charge on any atom is 0.243 e. The fourth-order valence-electron chi connectivity index (χ4n) is 3.06. The average molecular weight is 485 g/mol. The predicted molar refractivity (Wildman–Crippen MR) is 127 cm³/mol. The predicted octanol–water partition coefficient (Wildman–Crippen LogP) is 5.70. The second-order valence-electron chi connectivity index (χ2n) is 7.46. The van der Waals surface area contributed by atoms with Crippen LogP contribution in [0.4, 0.5) is 4.39 Å². The van der Waals surface area contributed by atoms with Crippen molar-refractivity contribution in [2.45, 2.75) is 51.6 Å². The Morgan fingerprint density at radius 3 is 2.39 bits per heavy atom. The average Bonchev–Trinajstić information content (AvgIpc) is 2.70. The second kappa shape index (κ2) is 12.3. The molecule has 31 heavy (non-hydrogen) atoms. The Hall–Kier alpha value is -1.76. The Labute approximate surface area is 197 Å². The molecule has 0 radical (unpaired) electrons. The van der Waals surface area contributed by atoms with Crippen LogP contribution in [0.25, 0.3) is 0 Å². The molecule has 1 N–H and O–H groups in total. The number of nitrogens with one attached hydrogen (secondary N) is 1. The molecular formula is C23H27Cl2FN2O2S. The maximum absolute atomic E-state index is 13.3. The van der Waals surface area contributed by atoms with E-state index in [4.69, 9.17) is 23.2 Å². The molecular weight excluding hydrogens is 458 g/mol. The summed E-state index contributed by atoms with van der Waals surface area (Å²) >= 11 is 13.6. The monoisotopic (exact) mass is 484 g/mol. The first-order valence-electron chi connectivity index (χ1n) is 10.1. The van der Waals surface area contributed by atoms with Gasteiger partial charge < -0.3 is 10.2 Å². The van der Waals surface area contributed by atoms with Crippen molar-refractivity contribution in [3.05, 3.63) is 69.5 Å². The van der Waals surface area contributed by atoms with Crippen molar-refractivity contribution in [3.63, 3.8) is 0 Å². The highest BCUT2D eigenvalue weighted by Crippen LogP contribution is 2.25. The van der Waals surface area contributed by atoms with E-state index < -0.39 is 6.04 Å². The second-order valence-corrected chi connectivity index (χ2v) is 9.29. The highest BCUT2D eigenvalue weighted by molar-refractivity contribution is 7.99. The summed E-state index contributed by atoms with van der Waals surface area (Å²) in [6.45, 7) is 5.85. The zero-order chi connectivity index (χ0) is 23.0. The van der Waals surface area contributed by atoms with Gasteiger partial charge in [-0.3, -0.25) is 9.59 Å². The smallest absolute Gasteiger partial charge is 0.243 e. The lowest BCUT2D eigenvalue weighted by Gasteiger charge is -2.31. The number of hydrogen-bond acceptors (Lipinski definition) is 3. The number of thioether (sulfide) groups is 1.